The lowest BCUT2D eigenvalue weighted by molar-refractivity contribution is -0.136. The number of nitrogens with one attached hydrogen (secondary N) is 1. The summed E-state index contributed by atoms with van der Waals surface area (Å²) in [5.41, 5.74) is 4.54. The molecule has 100 valence electrons. The van der Waals surface area contributed by atoms with Crippen molar-refractivity contribution in [1.29, 1.82) is 0 Å². The summed E-state index contributed by atoms with van der Waals surface area (Å²) < 4.78 is 0. The molecule has 0 radical (unpaired) electrons. The van der Waals surface area contributed by atoms with Gasteiger partial charge in [-0.05, 0) is 39.9 Å². The van der Waals surface area contributed by atoms with Gasteiger partial charge in [-0.3, -0.25) is 4.79 Å². The Labute approximate surface area is 116 Å². The molecule has 4 heteroatoms. The number of thiophene rings is 1. The summed E-state index contributed by atoms with van der Waals surface area (Å²) in [6.45, 7) is 3.61. The van der Waals surface area contributed by atoms with Crippen LogP contribution in [0.5, 0.6) is 0 Å². The van der Waals surface area contributed by atoms with Crippen LogP contribution in [0.15, 0.2) is 35.0 Å². The molecule has 3 nitrogen and oxygen atoms in total. The van der Waals surface area contributed by atoms with Crippen LogP contribution in [0.2, 0.25) is 0 Å². The summed E-state index contributed by atoms with van der Waals surface area (Å²) in [4.78, 5) is 10.8. The van der Waals surface area contributed by atoms with E-state index in [0.717, 1.165) is 17.7 Å². The molecule has 0 aliphatic rings. The van der Waals surface area contributed by atoms with Gasteiger partial charge in [0.2, 0.25) is 0 Å². The number of benzene rings is 1. The predicted octanol–water partition coefficient (Wildman–Crippen LogP) is 2.97. The van der Waals surface area contributed by atoms with E-state index < -0.39 is 5.97 Å². The standard InChI is InChI=1S/C15H17NO2S/c1-11-9-19-10-14(11)8-16-7-13-5-3-2-4-12(13)6-15(17)18/h2-5,9-10,16H,6-8H2,1H3,(H,17,18). The van der Waals surface area contributed by atoms with Crippen LogP contribution in [0.4, 0.5) is 0 Å². The van der Waals surface area contributed by atoms with Gasteiger partial charge in [-0.15, -0.1) is 0 Å². The first-order valence-corrected chi connectivity index (χ1v) is 7.12. The van der Waals surface area contributed by atoms with Crippen LogP contribution in [0.25, 0.3) is 0 Å². The molecule has 0 saturated carbocycles. The largest absolute Gasteiger partial charge is 0.481 e. The molecule has 19 heavy (non-hydrogen) atoms. The van der Waals surface area contributed by atoms with E-state index in [-0.39, 0.29) is 6.42 Å². The molecule has 0 spiro atoms. The second kappa shape index (κ2) is 6.50. The first kappa shape index (κ1) is 13.8. The topological polar surface area (TPSA) is 49.3 Å². The summed E-state index contributed by atoms with van der Waals surface area (Å²) in [6, 6.07) is 7.68. The van der Waals surface area contributed by atoms with Crippen molar-refractivity contribution in [2.24, 2.45) is 0 Å². The monoisotopic (exact) mass is 275 g/mol. The molecular formula is C15H17NO2S. The highest BCUT2D eigenvalue weighted by Gasteiger charge is 2.06. The maximum absolute atomic E-state index is 10.8. The Morgan fingerprint density at radius 3 is 2.47 bits per heavy atom. The Bertz CT molecular complexity index is 563. The highest BCUT2D eigenvalue weighted by Crippen LogP contribution is 2.14. The first-order valence-electron chi connectivity index (χ1n) is 6.18. The molecule has 1 aromatic carbocycles. The third-order valence-electron chi connectivity index (χ3n) is 3.05. The summed E-state index contributed by atoms with van der Waals surface area (Å²) in [5.74, 6) is -0.791. The third kappa shape index (κ3) is 3.91. The SMILES string of the molecule is Cc1cscc1CNCc1ccccc1CC(=O)O. The van der Waals surface area contributed by atoms with Gasteiger partial charge in [0, 0.05) is 13.1 Å². The van der Waals surface area contributed by atoms with Gasteiger partial charge in [0.25, 0.3) is 0 Å². The van der Waals surface area contributed by atoms with Crippen molar-refractivity contribution in [1.82, 2.24) is 5.32 Å². The van der Waals surface area contributed by atoms with Crippen molar-refractivity contribution in [3.8, 4) is 0 Å². The summed E-state index contributed by atoms with van der Waals surface area (Å²) >= 11 is 1.71. The lowest BCUT2D eigenvalue weighted by Crippen LogP contribution is -2.15. The third-order valence-corrected chi connectivity index (χ3v) is 3.96. The highest BCUT2D eigenvalue weighted by molar-refractivity contribution is 7.08. The maximum atomic E-state index is 10.8. The van der Waals surface area contributed by atoms with Crippen LogP contribution in [0.3, 0.4) is 0 Å². The number of aliphatic carboxylic acids is 1. The van der Waals surface area contributed by atoms with Crippen molar-refractivity contribution >= 4 is 17.3 Å². The van der Waals surface area contributed by atoms with Gasteiger partial charge in [-0.2, -0.15) is 11.3 Å². The molecule has 0 unspecified atom stereocenters. The van der Waals surface area contributed by atoms with E-state index in [9.17, 15) is 4.79 Å². The lowest BCUT2D eigenvalue weighted by atomic mass is 10.0. The van der Waals surface area contributed by atoms with Crippen molar-refractivity contribution in [2.75, 3.05) is 0 Å². The highest BCUT2D eigenvalue weighted by atomic mass is 32.1. The quantitative estimate of drug-likeness (QED) is 0.852. The van der Waals surface area contributed by atoms with Gasteiger partial charge in [0.1, 0.15) is 0 Å². The number of hydrogen-bond acceptors (Lipinski definition) is 3. The minimum atomic E-state index is -0.791. The summed E-state index contributed by atoms with van der Waals surface area (Å²) in [5, 5.41) is 16.5. The smallest absolute Gasteiger partial charge is 0.307 e. The Morgan fingerprint density at radius 2 is 1.84 bits per heavy atom. The fraction of sp³-hybridized carbons (Fsp3) is 0.267. The minimum Gasteiger partial charge on any atom is -0.481 e. The average Bonchev–Trinajstić information content (AvgIpc) is 2.77. The molecule has 0 aliphatic carbocycles. The molecule has 2 aromatic rings. The van der Waals surface area contributed by atoms with E-state index in [1.54, 1.807) is 11.3 Å². The number of carboxylic acids is 1. The maximum Gasteiger partial charge on any atom is 0.307 e. The van der Waals surface area contributed by atoms with E-state index in [0.29, 0.717) is 6.54 Å². The predicted molar refractivity (Wildman–Crippen MR) is 77.4 cm³/mol. The van der Waals surface area contributed by atoms with Crippen molar-refractivity contribution in [3.63, 3.8) is 0 Å². The zero-order valence-corrected chi connectivity index (χ0v) is 11.7. The normalized spacial score (nSPS) is 10.6. The van der Waals surface area contributed by atoms with E-state index >= 15 is 0 Å². The molecule has 0 aliphatic heterocycles. The molecular weight excluding hydrogens is 258 g/mol. The molecule has 0 amide bonds. The van der Waals surface area contributed by atoms with Gasteiger partial charge in [0.05, 0.1) is 6.42 Å². The molecule has 2 rings (SSSR count). The van der Waals surface area contributed by atoms with Gasteiger partial charge < -0.3 is 10.4 Å². The van der Waals surface area contributed by atoms with Crippen molar-refractivity contribution < 1.29 is 9.90 Å². The fourth-order valence-corrected chi connectivity index (χ4v) is 2.82. The summed E-state index contributed by atoms with van der Waals surface area (Å²) in [7, 11) is 0. The van der Waals surface area contributed by atoms with Gasteiger partial charge in [0.15, 0.2) is 0 Å². The Morgan fingerprint density at radius 1 is 1.16 bits per heavy atom. The zero-order valence-electron chi connectivity index (χ0n) is 10.8. The summed E-state index contributed by atoms with van der Waals surface area (Å²) in [6.07, 6.45) is 0.0787. The molecule has 0 fully saturated rings. The fourth-order valence-electron chi connectivity index (χ4n) is 1.97. The van der Waals surface area contributed by atoms with Gasteiger partial charge >= 0.3 is 5.97 Å². The van der Waals surface area contributed by atoms with E-state index in [1.807, 2.05) is 24.3 Å². The van der Waals surface area contributed by atoms with E-state index in [4.69, 9.17) is 5.11 Å². The zero-order chi connectivity index (χ0) is 13.7. The second-order valence-corrected chi connectivity index (χ2v) is 5.27. The first-order chi connectivity index (χ1) is 9.16. The Kier molecular flexibility index (Phi) is 4.71. The lowest BCUT2D eigenvalue weighted by Gasteiger charge is -2.09. The second-order valence-electron chi connectivity index (χ2n) is 4.52. The van der Waals surface area contributed by atoms with Crippen LogP contribution in [-0.4, -0.2) is 11.1 Å². The number of carbonyl (C=O) groups is 1. The number of rotatable bonds is 6. The molecule has 1 aromatic heterocycles. The van der Waals surface area contributed by atoms with Crippen LogP contribution < -0.4 is 5.32 Å². The van der Waals surface area contributed by atoms with Crippen LogP contribution in [-0.2, 0) is 24.3 Å². The van der Waals surface area contributed by atoms with Crippen LogP contribution in [0, 0.1) is 6.92 Å². The van der Waals surface area contributed by atoms with Crippen molar-refractivity contribution in [3.05, 3.63) is 57.3 Å². The number of hydrogen-bond donors (Lipinski definition) is 2. The molecule has 0 atom stereocenters. The van der Waals surface area contributed by atoms with E-state index in [2.05, 4.69) is 23.0 Å². The number of carboxylic acid groups (broad SMARTS) is 1. The minimum absolute atomic E-state index is 0.0787. The van der Waals surface area contributed by atoms with Gasteiger partial charge in [-0.25, -0.2) is 0 Å². The average molecular weight is 275 g/mol. The molecule has 1 heterocycles. The molecule has 0 saturated heterocycles. The van der Waals surface area contributed by atoms with Gasteiger partial charge in [-0.1, -0.05) is 24.3 Å². The van der Waals surface area contributed by atoms with Crippen molar-refractivity contribution in [2.45, 2.75) is 26.4 Å². The van der Waals surface area contributed by atoms with E-state index in [1.165, 1.54) is 11.1 Å². The van der Waals surface area contributed by atoms with Crippen LogP contribution in [0.1, 0.15) is 22.3 Å². The molecule has 0 bridgehead atoms. The Balaban J connectivity index is 1.96. The van der Waals surface area contributed by atoms with Crippen LogP contribution >= 0.6 is 11.3 Å². The Hall–Kier alpha value is -1.65. The number of aryl methyl sites for hydroxylation is 1. The molecule has 2 N–H and O–H groups in total.